The largest absolute Gasteiger partial charge is 0.497 e. The van der Waals surface area contributed by atoms with E-state index in [0.717, 1.165) is 23.3 Å². The molecular formula is C27H32N2O3S. The van der Waals surface area contributed by atoms with Gasteiger partial charge in [-0.25, -0.2) is 0 Å². The van der Waals surface area contributed by atoms with E-state index in [1.165, 1.54) is 4.88 Å². The maximum Gasteiger partial charge on any atom is 0.254 e. The Morgan fingerprint density at radius 2 is 1.73 bits per heavy atom. The van der Waals surface area contributed by atoms with Gasteiger partial charge in [-0.3, -0.25) is 9.59 Å². The third kappa shape index (κ3) is 7.19. The normalized spacial score (nSPS) is 10.6. The zero-order chi connectivity index (χ0) is 23.6. The van der Waals surface area contributed by atoms with Gasteiger partial charge in [0.1, 0.15) is 12.3 Å². The molecular weight excluding hydrogens is 432 g/mol. The van der Waals surface area contributed by atoms with E-state index in [1.54, 1.807) is 41.5 Å². The van der Waals surface area contributed by atoms with Crippen molar-refractivity contribution in [3.05, 3.63) is 87.6 Å². The average Bonchev–Trinajstić information content (AvgIpc) is 3.25. The van der Waals surface area contributed by atoms with Crippen LogP contribution in [0.1, 0.15) is 45.4 Å². The Bertz CT molecular complexity index is 1050. The molecule has 0 atom stereocenters. The van der Waals surface area contributed by atoms with E-state index in [4.69, 9.17) is 4.74 Å². The highest BCUT2D eigenvalue weighted by atomic mass is 32.1. The number of amides is 2. The van der Waals surface area contributed by atoms with Crippen LogP contribution < -0.4 is 4.74 Å². The lowest BCUT2D eigenvalue weighted by molar-refractivity contribution is -0.133. The molecule has 2 aromatic carbocycles. The first-order valence-electron chi connectivity index (χ1n) is 11.3. The maximum atomic E-state index is 13.5. The number of ether oxygens (including phenoxy) is 1. The quantitative estimate of drug-likeness (QED) is 0.375. The summed E-state index contributed by atoms with van der Waals surface area (Å²) in [6.07, 6.45) is 1.78. The molecule has 0 aliphatic carbocycles. The van der Waals surface area contributed by atoms with Crippen LogP contribution in [0, 0.1) is 6.92 Å². The third-order valence-corrected chi connectivity index (χ3v) is 6.41. The first kappa shape index (κ1) is 24.5. The predicted octanol–water partition coefficient (Wildman–Crippen LogP) is 5.54. The molecule has 0 aliphatic heterocycles. The summed E-state index contributed by atoms with van der Waals surface area (Å²) in [5.41, 5.74) is 1.60. The van der Waals surface area contributed by atoms with E-state index >= 15 is 0 Å². The molecule has 6 heteroatoms. The molecule has 0 N–H and O–H groups in total. The minimum Gasteiger partial charge on any atom is -0.497 e. The zero-order valence-corrected chi connectivity index (χ0v) is 20.4. The van der Waals surface area contributed by atoms with Crippen molar-refractivity contribution in [3.63, 3.8) is 0 Å². The van der Waals surface area contributed by atoms with E-state index in [1.807, 2.05) is 41.3 Å². The van der Waals surface area contributed by atoms with Gasteiger partial charge in [-0.05, 0) is 49.2 Å². The Labute approximate surface area is 200 Å². The first-order chi connectivity index (χ1) is 16.0. The van der Waals surface area contributed by atoms with Crippen LogP contribution in [0.15, 0.2) is 66.7 Å². The van der Waals surface area contributed by atoms with Crippen LogP contribution >= 0.6 is 11.3 Å². The molecule has 174 valence electrons. The molecule has 2 amide bonds. The van der Waals surface area contributed by atoms with Crippen molar-refractivity contribution < 1.29 is 14.3 Å². The van der Waals surface area contributed by atoms with Gasteiger partial charge in [-0.1, -0.05) is 49.7 Å². The van der Waals surface area contributed by atoms with Crippen molar-refractivity contribution in [2.75, 3.05) is 20.2 Å². The van der Waals surface area contributed by atoms with Crippen LogP contribution in [-0.2, 0) is 17.9 Å². The Balaban J connectivity index is 1.80. The Hall–Kier alpha value is -3.12. The lowest BCUT2D eigenvalue weighted by Crippen LogP contribution is -2.42. The van der Waals surface area contributed by atoms with Gasteiger partial charge in [0, 0.05) is 28.4 Å². The molecule has 0 saturated heterocycles. The Morgan fingerprint density at radius 3 is 2.39 bits per heavy atom. The van der Waals surface area contributed by atoms with E-state index in [9.17, 15) is 9.59 Å². The summed E-state index contributed by atoms with van der Waals surface area (Å²) in [6, 6.07) is 21.2. The van der Waals surface area contributed by atoms with Gasteiger partial charge in [0.2, 0.25) is 5.91 Å². The predicted molar refractivity (Wildman–Crippen MR) is 134 cm³/mol. The fourth-order valence-corrected chi connectivity index (χ4v) is 4.50. The minimum absolute atomic E-state index is 0.0488. The number of carbonyl (C=O) groups excluding carboxylic acids is 2. The minimum atomic E-state index is -0.151. The summed E-state index contributed by atoms with van der Waals surface area (Å²) < 4.78 is 5.28. The van der Waals surface area contributed by atoms with Crippen molar-refractivity contribution in [1.82, 2.24) is 9.80 Å². The van der Waals surface area contributed by atoms with Crippen LogP contribution in [0.25, 0.3) is 0 Å². The number of rotatable bonds is 11. The van der Waals surface area contributed by atoms with E-state index in [0.29, 0.717) is 30.9 Å². The van der Waals surface area contributed by atoms with Crippen molar-refractivity contribution in [1.29, 1.82) is 0 Å². The molecule has 0 unspecified atom stereocenters. The lowest BCUT2D eigenvalue weighted by atomic mass is 10.1. The molecule has 0 radical (unpaired) electrons. The number of thiophene rings is 1. The Kier molecular flexibility index (Phi) is 9.07. The van der Waals surface area contributed by atoms with E-state index < -0.39 is 0 Å². The molecule has 0 saturated carbocycles. The summed E-state index contributed by atoms with van der Waals surface area (Å²) in [6.45, 7) is 5.77. The van der Waals surface area contributed by atoms with Crippen molar-refractivity contribution in [2.24, 2.45) is 0 Å². The van der Waals surface area contributed by atoms with Crippen LogP contribution in [0.3, 0.4) is 0 Å². The summed E-state index contributed by atoms with van der Waals surface area (Å²) in [4.78, 5) is 32.7. The number of aryl methyl sites for hydroxylation is 1. The third-order valence-electron chi connectivity index (χ3n) is 5.42. The van der Waals surface area contributed by atoms with Gasteiger partial charge in [0.15, 0.2) is 0 Å². The van der Waals surface area contributed by atoms with Crippen molar-refractivity contribution in [2.45, 2.75) is 39.8 Å². The molecule has 1 aromatic heterocycles. The van der Waals surface area contributed by atoms with Gasteiger partial charge in [0.25, 0.3) is 5.91 Å². The van der Waals surface area contributed by atoms with Gasteiger partial charge in [-0.2, -0.15) is 0 Å². The second-order valence-corrected chi connectivity index (χ2v) is 9.43. The second-order valence-electron chi connectivity index (χ2n) is 8.06. The van der Waals surface area contributed by atoms with E-state index in [-0.39, 0.29) is 18.4 Å². The van der Waals surface area contributed by atoms with Crippen LogP contribution in [0.2, 0.25) is 0 Å². The molecule has 3 aromatic rings. The van der Waals surface area contributed by atoms with E-state index in [2.05, 4.69) is 26.0 Å². The summed E-state index contributed by atoms with van der Waals surface area (Å²) >= 11 is 1.70. The average molecular weight is 465 g/mol. The monoisotopic (exact) mass is 464 g/mol. The molecule has 0 aliphatic rings. The fraction of sp³-hybridized carbons (Fsp3) is 0.333. The zero-order valence-electron chi connectivity index (χ0n) is 19.6. The van der Waals surface area contributed by atoms with Gasteiger partial charge in [-0.15, -0.1) is 11.3 Å². The number of nitrogens with zero attached hydrogens (tertiary/aromatic N) is 2. The van der Waals surface area contributed by atoms with Crippen LogP contribution in [0.4, 0.5) is 0 Å². The molecule has 0 spiro atoms. The smallest absolute Gasteiger partial charge is 0.254 e. The van der Waals surface area contributed by atoms with Gasteiger partial charge in [0.05, 0.1) is 13.7 Å². The topological polar surface area (TPSA) is 49.9 Å². The molecule has 33 heavy (non-hydrogen) atoms. The van der Waals surface area contributed by atoms with Gasteiger partial charge < -0.3 is 14.5 Å². The lowest BCUT2D eigenvalue weighted by Gasteiger charge is -2.28. The van der Waals surface area contributed by atoms with Crippen molar-refractivity contribution in [3.8, 4) is 5.75 Å². The number of hydrogen-bond acceptors (Lipinski definition) is 4. The SMILES string of the molecule is CCCCN(CC(=O)N(Cc1ccccc1)Cc1ccc(C)s1)C(=O)c1cccc(OC)c1. The summed E-state index contributed by atoms with van der Waals surface area (Å²) in [7, 11) is 1.58. The highest BCUT2D eigenvalue weighted by Crippen LogP contribution is 2.20. The first-order valence-corrected chi connectivity index (χ1v) is 12.1. The standard InChI is InChI=1S/C27H32N2O3S/c1-4-5-16-28(27(31)23-12-9-13-24(17-23)32-3)20-26(30)29(18-22-10-7-6-8-11-22)19-25-15-14-21(2)33-25/h6-15,17H,4-5,16,18-20H2,1-3H3. The number of hydrogen-bond donors (Lipinski definition) is 0. The number of methoxy groups -OCH3 is 1. The van der Waals surface area contributed by atoms with Crippen LogP contribution in [0.5, 0.6) is 5.75 Å². The molecule has 1 heterocycles. The number of unbranched alkanes of at least 4 members (excludes halogenated alkanes) is 1. The number of benzene rings is 2. The Morgan fingerprint density at radius 1 is 0.939 bits per heavy atom. The molecule has 0 bridgehead atoms. The molecule has 0 fully saturated rings. The molecule has 5 nitrogen and oxygen atoms in total. The summed E-state index contributed by atoms with van der Waals surface area (Å²) in [5, 5.41) is 0. The second kappa shape index (κ2) is 12.2. The number of carbonyl (C=O) groups is 2. The summed E-state index contributed by atoms with van der Waals surface area (Å²) in [5.74, 6) is 0.418. The maximum absolute atomic E-state index is 13.5. The highest BCUT2D eigenvalue weighted by molar-refractivity contribution is 7.11. The van der Waals surface area contributed by atoms with Gasteiger partial charge >= 0.3 is 0 Å². The van der Waals surface area contributed by atoms with Crippen molar-refractivity contribution >= 4 is 23.2 Å². The van der Waals surface area contributed by atoms with Crippen LogP contribution in [-0.4, -0.2) is 41.8 Å². The highest BCUT2D eigenvalue weighted by Gasteiger charge is 2.23. The fourth-order valence-electron chi connectivity index (χ4n) is 3.60. The molecule has 3 rings (SSSR count).